The topological polar surface area (TPSA) is 68.9 Å². The van der Waals surface area contributed by atoms with Gasteiger partial charge in [-0.3, -0.25) is 0 Å². The molecule has 1 fully saturated rings. The van der Waals surface area contributed by atoms with Crippen LogP contribution in [-0.2, 0) is 13.0 Å². The van der Waals surface area contributed by atoms with Crippen molar-refractivity contribution in [2.45, 2.75) is 44.8 Å². The van der Waals surface area contributed by atoms with Gasteiger partial charge in [-0.15, -0.1) is 11.3 Å². The Balaban J connectivity index is 1.58. The van der Waals surface area contributed by atoms with Crippen molar-refractivity contribution in [2.24, 2.45) is 10.7 Å². The van der Waals surface area contributed by atoms with Gasteiger partial charge in [-0.1, -0.05) is 6.07 Å². The molecule has 0 unspecified atom stereocenters. The highest BCUT2D eigenvalue weighted by atomic mass is 32.1. The van der Waals surface area contributed by atoms with Crippen LogP contribution in [0.15, 0.2) is 40.7 Å². The molecule has 1 heterocycles. The Labute approximate surface area is 159 Å². The Bertz CT molecular complexity index is 710. The SMILES string of the molecule is COc1ccc(CN=C(N)NCCc2cccs2)c(OC2CCCC2)c1. The summed E-state index contributed by atoms with van der Waals surface area (Å²) in [5.74, 6) is 2.11. The molecular formula is C20H27N3O2S. The van der Waals surface area contributed by atoms with E-state index in [1.54, 1.807) is 18.4 Å². The lowest BCUT2D eigenvalue weighted by atomic mass is 10.2. The van der Waals surface area contributed by atoms with Crippen LogP contribution in [0.1, 0.15) is 36.1 Å². The zero-order chi connectivity index (χ0) is 18.2. The Morgan fingerprint density at radius 3 is 2.88 bits per heavy atom. The summed E-state index contributed by atoms with van der Waals surface area (Å²) in [6.45, 7) is 1.27. The summed E-state index contributed by atoms with van der Waals surface area (Å²) in [6, 6.07) is 10.1. The third kappa shape index (κ3) is 5.39. The van der Waals surface area contributed by atoms with E-state index in [2.05, 4.69) is 27.8 Å². The van der Waals surface area contributed by atoms with Crippen LogP contribution in [0.2, 0.25) is 0 Å². The van der Waals surface area contributed by atoms with Gasteiger partial charge in [0.25, 0.3) is 0 Å². The van der Waals surface area contributed by atoms with Gasteiger partial charge in [-0.05, 0) is 55.7 Å². The van der Waals surface area contributed by atoms with Crippen LogP contribution >= 0.6 is 11.3 Å². The zero-order valence-corrected chi connectivity index (χ0v) is 16.1. The second kappa shape index (κ2) is 9.48. The Kier molecular flexibility index (Phi) is 6.77. The molecule has 26 heavy (non-hydrogen) atoms. The van der Waals surface area contributed by atoms with Gasteiger partial charge < -0.3 is 20.5 Å². The van der Waals surface area contributed by atoms with E-state index >= 15 is 0 Å². The maximum absolute atomic E-state index is 6.20. The lowest BCUT2D eigenvalue weighted by molar-refractivity contribution is 0.207. The molecule has 1 aromatic heterocycles. The molecule has 1 aliphatic rings. The van der Waals surface area contributed by atoms with E-state index in [4.69, 9.17) is 15.2 Å². The average molecular weight is 374 g/mol. The van der Waals surface area contributed by atoms with Crippen molar-refractivity contribution >= 4 is 17.3 Å². The number of nitrogens with two attached hydrogens (primary N) is 1. The fourth-order valence-electron chi connectivity index (χ4n) is 3.08. The van der Waals surface area contributed by atoms with Gasteiger partial charge in [0.05, 0.1) is 19.8 Å². The van der Waals surface area contributed by atoms with Crippen LogP contribution in [-0.4, -0.2) is 25.7 Å². The Hall–Kier alpha value is -2.21. The minimum absolute atomic E-state index is 0.297. The quantitative estimate of drug-likeness (QED) is 0.546. The first-order valence-electron chi connectivity index (χ1n) is 9.14. The Morgan fingerprint density at radius 2 is 2.15 bits per heavy atom. The molecule has 3 rings (SSSR count). The lowest BCUT2D eigenvalue weighted by Crippen LogP contribution is -2.33. The van der Waals surface area contributed by atoms with Gasteiger partial charge in [-0.25, -0.2) is 4.99 Å². The summed E-state index contributed by atoms with van der Waals surface area (Å²) < 4.78 is 11.5. The van der Waals surface area contributed by atoms with Crippen molar-refractivity contribution in [1.82, 2.24) is 5.32 Å². The van der Waals surface area contributed by atoms with Gasteiger partial charge >= 0.3 is 0 Å². The summed E-state index contributed by atoms with van der Waals surface area (Å²) in [5.41, 5.74) is 7.04. The molecular weight excluding hydrogens is 346 g/mol. The van der Waals surface area contributed by atoms with Crippen LogP contribution < -0.4 is 20.5 Å². The van der Waals surface area contributed by atoms with E-state index in [0.717, 1.165) is 42.9 Å². The molecule has 140 valence electrons. The molecule has 0 spiro atoms. The molecule has 0 aliphatic heterocycles. The van der Waals surface area contributed by atoms with Gasteiger partial charge in [0, 0.05) is 23.1 Å². The van der Waals surface area contributed by atoms with Crippen LogP contribution in [0.3, 0.4) is 0 Å². The molecule has 6 heteroatoms. The van der Waals surface area contributed by atoms with Crippen LogP contribution in [0, 0.1) is 0 Å². The second-order valence-electron chi connectivity index (χ2n) is 6.46. The molecule has 0 amide bonds. The minimum atomic E-state index is 0.297. The highest BCUT2D eigenvalue weighted by molar-refractivity contribution is 7.09. The van der Waals surface area contributed by atoms with E-state index in [0.29, 0.717) is 18.6 Å². The van der Waals surface area contributed by atoms with Gasteiger partial charge in [0.2, 0.25) is 0 Å². The first-order chi connectivity index (χ1) is 12.7. The smallest absolute Gasteiger partial charge is 0.188 e. The van der Waals surface area contributed by atoms with Crippen LogP contribution in [0.5, 0.6) is 11.5 Å². The van der Waals surface area contributed by atoms with Crippen molar-refractivity contribution in [3.63, 3.8) is 0 Å². The standard InChI is InChI=1S/C20H27N3O2S/c1-24-17-9-8-15(19(13-17)25-16-5-2-3-6-16)14-23-20(21)22-11-10-18-7-4-12-26-18/h4,7-9,12-13,16H,2-3,5-6,10-11,14H2,1H3,(H3,21,22,23). The number of nitrogens with one attached hydrogen (secondary N) is 1. The Morgan fingerprint density at radius 1 is 1.31 bits per heavy atom. The van der Waals surface area contributed by atoms with E-state index in [1.165, 1.54) is 17.7 Å². The summed E-state index contributed by atoms with van der Waals surface area (Å²) in [5, 5.41) is 5.26. The first kappa shape index (κ1) is 18.6. The van der Waals surface area contributed by atoms with Gasteiger partial charge in [-0.2, -0.15) is 0 Å². The molecule has 5 nitrogen and oxygen atoms in total. The number of rotatable bonds is 8. The van der Waals surface area contributed by atoms with Crippen molar-refractivity contribution in [1.29, 1.82) is 0 Å². The lowest BCUT2D eigenvalue weighted by Gasteiger charge is -2.17. The number of thiophene rings is 1. The number of guanidine groups is 1. The second-order valence-corrected chi connectivity index (χ2v) is 7.49. The molecule has 1 saturated carbocycles. The number of methoxy groups -OCH3 is 1. The summed E-state index contributed by atoms with van der Waals surface area (Å²) in [6.07, 6.45) is 5.96. The van der Waals surface area contributed by atoms with Gasteiger partial charge in [0.1, 0.15) is 11.5 Å². The number of aliphatic imine (C=N–C) groups is 1. The number of hydrogen-bond acceptors (Lipinski definition) is 4. The zero-order valence-electron chi connectivity index (χ0n) is 15.2. The normalized spacial score (nSPS) is 15.2. The molecule has 1 aliphatic carbocycles. The van der Waals surface area contributed by atoms with Crippen LogP contribution in [0.25, 0.3) is 0 Å². The van der Waals surface area contributed by atoms with Gasteiger partial charge in [0.15, 0.2) is 5.96 Å². The van der Waals surface area contributed by atoms with Crippen molar-refractivity contribution in [3.05, 3.63) is 46.2 Å². The molecule has 1 aromatic carbocycles. The molecule has 0 saturated heterocycles. The third-order valence-electron chi connectivity index (χ3n) is 4.55. The number of ether oxygens (including phenoxy) is 2. The van der Waals surface area contributed by atoms with E-state index in [-0.39, 0.29) is 0 Å². The fraction of sp³-hybridized carbons (Fsp3) is 0.450. The molecule has 3 N–H and O–H groups in total. The van der Waals surface area contributed by atoms with Crippen LogP contribution in [0.4, 0.5) is 0 Å². The summed E-state index contributed by atoms with van der Waals surface area (Å²) >= 11 is 1.76. The molecule has 0 atom stereocenters. The third-order valence-corrected chi connectivity index (χ3v) is 5.48. The van der Waals surface area contributed by atoms with Crippen molar-refractivity contribution in [3.8, 4) is 11.5 Å². The summed E-state index contributed by atoms with van der Waals surface area (Å²) in [4.78, 5) is 5.81. The molecule has 0 radical (unpaired) electrons. The van der Waals surface area contributed by atoms with Crippen molar-refractivity contribution < 1.29 is 9.47 Å². The van der Waals surface area contributed by atoms with E-state index < -0.39 is 0 Å². The predicted molar refractivity (Wildman–Crippen MR) is 107 cm³/mol. The highest BCUT2D eigenvalue weighted by Crippen LogP contribution is 2.30. The fourth-order valence-corrected chi connectivity index (χ4v) is 3.79. The first-order valence-corrected chi connectivity index (χ1v) is 10.0. The summed E-state index contributed by atoms with van der Waals surface area (Å²) in [7, 11) is 1.67. The number of benzene rings is 1. The highest BCUT2D eigenvalue weighted by Gasteiger charge is 2.18. The van der Waals surface area contributed by atoms with E-state index in [1.807, 2.05) is 18.2 Å². The number of hydrogen-bond donors (Lipinski definition) is 2. The average Bonchev–Trinajstić information content (AvgIpc) is 3.34. The van der Waals surface area contributed by atoms with Crippen molar-refractivity contribution in [2.75, 3.05) is 13.7 Å². The minimum Gasteiger partial charge on any atom is -0.497 e. The molecule has 0 bridgehead atoms. The molecule has 2 aromatic rings. The maximum atomic E-state index is 6.20. The predicted octanol–water partition coefficient (Wildman–Crippen LogP) is 3.73. The monoisotopic (exact) mass is 373 g/mol. The van der Waals surface area contributed by atoms with E-state index in [9.17, 15) is 0 Å². The maximum Gasteiger partial charge on any atom is 0.188 e. The largest absolute Gasteiger partial charge is 0.497 e. The number of nitrogens with zero attached hydrogens (tertiary/aromatic N) is 1.